The highest BCUT2D eigenvalue weighted by Gasteiger charge is 2.45. The van der Waals surface area contributed by atoms with Gasteiger partial charge in [-0.15, -0.1) is 0 Å². The van der Waals surface area contributed by atoms with Gasteiger partial charge in [-0.3, -0.25) is 0 Å². The van der Waals surface area contributed by atoms with E-state index in [0.29, 0.717) is 0 Å². The average Bonchev–Trinajstić information content (AvgIpc) is 2.76. The molecule has 2 nitrogen and oxygen atoms in total. The van der Waals surface area contributed by atoms with Crippen molar-refractivity contribution in [2.75, 3.05) is 13.2 Å². The summed E-state index contributed by atoms with van der Waals surface area (Å²) in [5, 5.41) is 3.80. The monoisotopic (exact) mass is 181 g/mol. The fourth-order valence-corrected chi connectivity index (χ4v) is 3.05. The van der Waals surface area contributed by atoms with E-state index in [2.05, 4.69) is 5.32 Å². The molecule has 1 heterocycles. The lowest BCUT2D eigenvalue weighted by atomic mass is 10.1. The molecular formula is C11H19NO. The van der Waals surface area contributed by atoms with Gasteiger partial charge in [-0.05, 0) is 43.9 Å². The summed E-state index contributed by atoms with van der Waals surface area (Å²) in [5.74, 6) is 2.22. The highest BCUT2D eigenvalue weighted by molar-refractivity contribution is 4.99. The number of hydrogen-bond acceptors (Lipinski definition) is 2. The predicted octanol–water partition coefficient (Wildman–Crippen LogP) is 1.55. The molecule has 2 heteroatoms. The van der Waals surface area contributed by atoms with E-state index in [-0.39, 0.29) is 0 Å². The van der Waals surface area contributed by atoms with Crippen LogP contribution in [0.15, 0.2) is 0 Å². The van der Waals surface area contributed by atoms with Crippen LogP contribution in [0.4, 0.5) is 0 Å². The summed E-state index contributed by atoms with van der Waals surface area (Å²) in [4.78, 5) is 0. The third-order valence-electron chi connectivity index (χ3n) is 3.94. The quantitative estimate of drug-likeness (QED) is 0.698. The summed E-state index contributed by atoms with van der Waals surface area (Å²) in [5.41, 5.74) is 0. The summed E-state index contributed by atoms with van der Waals surface area (Å²) < 4.78 is 5.35. The van der Waals surface area contributed by atoms with Gasteiger partial charge in [0, 0.05) is 25.3 Å². The van der Waals surface area contributed by atoms with Crippen molar-refractivity contribution in [1.82, 2.24) is 5.32 Å². The van der Waals surface area contributed by atoms with Crippen LogP contribution in [-0.2, 0) is 4.74 Å². The Morgan fingerprint density at radius 1 is 0.846 bits per heavy atom. The molecule has 0 spiro atoms. The molecular weight excluding hydrogens is 162 g/mol. The molecule has 2 atom stereocenters. The van der Waals surface area contributed by atoms with E-state index in [1.165, 1.54) is 32.1 Å². The fraction of sp³-hybridized carbons (Fsp3) is 1.00. The molecule has 2 saturated carbocycles. The van der Waals surface area contributed by atoms with Crippen molar-refractivity contribution in [2.24, 2.45) is 11.8 Å². The van der Waals surface area contributed by atoms with Crippen LogP contribution in [0.3, 0.4) is 0 Å². The van der Waals surface area contributed by atoms with Gasteiger partial charge >= 0.3 is 0 Å². The second kappa shape index (κ2) is 3.25. The normalized spacial score (nSPS) is 44.8. The van der Waals surface area contributed by atoms with Gasteiger partial charge in [0.2, 0.25) is 0 Å². The second-order valence-corrected chi connectivity index (χ2v) is 4.98. The third kappa shape index (κ3) is 1.75. The van der Waals surface area contributed by atoms with Crippen LogP contribution in [0.2, 0.25) is 0 Å². The molecule has 3 rings (SSSR count). The Labute approximate surface area is 80.0 Å². The van der Waals surface area contributed by atoms with Crippen LogP contribution >= 0.6 is 0 Å². The lowest BCUT2D eigenvalue weighted by Crippen LogP contribution is -2.40. The molecule has 0 bridgehead atoms. The average molecular weight is 181 g/mol. The maximum Gasteiger partial charge on any atom is 0.0480 e. The van der Waals surface area contributed by atoms with E-state index in [0.717, 1.165) is 37.1 Å². The van der Waals surface area contributed by atoms with Crippen molar-refractivity contribution in [3.63, 3.8) is 0 Å². The van der Waals surface area contributed by atoms with Crippen LogP contribution in [0.1, 0.15) is 32.1 Å². The molecule has 74 valence electrons. The summed E-state index contributed by atoms with van der Waals surface area (Å²) in [6.45, 7) is 1.94. The highest BCUT2D eigenvalue weighted by Crippen LogP contribution is 2.51. The Morgan fingerprint density at radius 2 is 1.54 bits per heavy atom. The Morgan fingerprint density at radius 3 is 2.23 bits per heavy atom. The number of fused-ring (bicyclic) bond motifs is 1. The van der Waals surface area contributed by atoms with E-state index in [1.807, 2.05) is 0 Å². The van der Waals surface area contributed by atoms with Gasteiger partial charge in [-0.2, -0.15) is 0 Å². The first kappa shape index (κ1) is 8.25. The zero-order chi connectivity index (χ0) is 8.67. The number of nitrogens with one attached hydrogen (secondary N) is 1. The molecule has 1 aliphatic heterocycles. The molecule has 2 aliphatic carbocycles. The standard InChI is InChI=1S/C11H19NO/c1-3-13-4-2-10(1)12-11-6-8-5-9(8)7-11/h8-12H,1-7H2. The highest BCUT2D eigenvalue weighted by atomic mass is 16.5. The molecule has 13 heavy (non-hydrogen) atoms. The first-order chi connectivity index (χ1) is 6.42. The minimum atomic E-state index is 0.760. The van der Waals surface area contributed by atoms with Crippen LogP contribution < -0.4 is 5.32 Å². The predicted molar refractivity (Wildman–Crippen MR) is 51.6 cm³/mol. The molecule has 2 unspecified atom stereocenters. The summed E-state index contributed by atoms with van der Waals surface area (Å²) in [7, 11) is 0. The Hall–Kier alpha value is -0.0800. The van der Waals surface area contributed by atoms with Gasteiger partial charge in [-0.25, -0.2) is 0 Å². The van der Waals surface area contributed by atoms with E-state index >= 15 is 0 Å². The topological polar surface area (TPSA) is 21.3 Å². The first-order valence-corrected chi connectivity index (χ1v) is 5.75. The zero-order valence-corrected chi connectivity index (χ0v) is 8.17. The van der Waals surface area contributed by atoms with E-state index < -0.39 is 0 Å². The van der Waals surface area contributed by atoms with Crippen molar-refractivity contribution in [1.29, 1.82) is 0 Å². The van der Waals surface area contributed by atoms with E-state index in [9.17, 15) is 0 Å². The third-order valence-corrected chi connectivity index (χ3v) is 3.94. The van der Waals surface area contributed by atoms with Crippen LogP contribution in [0.25, 0.3) is 0 Å². The second-order valence-electron chi connectivity index (χ2n) is 4.98. The number of ether oxygens (including phenoxy) is 1. The Kier molecular flexibility index (Phi) is 2.06. The maximum absolute atomic E-state index is 5.35. The minimum absolute atomic E-state index is 0.760. The van der Waals surface area contributed by atoms with Crippen LogP contribution in [0.5, 0.6) is 0 Å². The van der Waals surface area contributed by atoms with Crippen molar-refractivity contribution in [2.45, 2.75) is 44.2 Å². The first-order valence-electron chi connectivity index (χ1n) is 5.75. The van der Waals surface area contributed by atoms with E-state index in [4.69, 9.17) is 4.74 Å². The fourth-order valence-electron chi connectivity index (χ4n) is 3.05. The van der Waals surface area contributed by atoms with Crippen LogP contribution in [-0.4, -0.2) is 25.3 Å². The van der Waals surface area contributed by atoms with Gasteiger partial charge in [0.1, 0.15) is 0 Å². The molecule has 0 amide bonds. The lowest BCUT2D eigenvalue weighted by molar-refractivity contribution is 0.0746. The largest absolute Gasteiger partial charge is 0.381 e. The molecule has 3 fully saturated rings. The van der Waals surface area contributed by atoms with Crippen molar-refractivity contribution in [3.8, 4) is 0 Å². The molecule has 0 aromatic heterocycles. The van der Waals surface area contributed by atoms with Gasteiger partial charge in [-0.1, -0.05) is 0 Å². The summed E-state index contributed by atoms with van der Waals surface area (Å²) in [6.07, 6.45) is 6.91. The maximum atomic E-state index is 5.35. The molecule has 3 aliphatic rings. The lowest BCUT2D eigenvalue weighted by Gasteiger charge is -2.27. The molecule has 1 N–H and O–H groups in total. The molecule has 0 aromatic rings. The zero-order valence-electron chi connectivity index (χ0n) is 8.17. The van der Waals surface area contributed by atoms with Crippen molar-refractivity contribution >= 4 is 0 Å². The van der Waals surface area contributed by atoms with E-state index in [1.54, 1.807) is 0 Å². The van der Waals surface area contributed by atoms with Crippen LogP contribution in [0, 0.1) is 11.8 Å². The Bertz CT molecular complexity index is 179. The minimum Gasteiger partial charge on any atom is -0.381 e. The van der Waals surface area contributed by atoms with Gasteiger partial charge in [0.25, 0.3) is 0 Å². The summed E-state index contributed by atoms with van der Waals surface area (Å²) in [6, 6.07) is 1.61. The SMILES string of the molecule is C1CC(NC2CC3CC3C2)CCO1. The van der Waals surface area contributed by atoms with Crippen molar-refractivity contribution < 1.29 is 4.74 Å². The number of rotatable bonds is 2. The molecule has 1 saturated heterocycles. The van der Waals surface area contributed by atoms with Gasteiger partial charge in [0.05, 0.1) is 0 Å². The summed E-state index contributed by atoms with van der Waals surface area (Å²) >= 11 is 0. The van der Waals surface area contributed by atoms with Gasteiger partial charge < -0.3 is 10.1 Å². The smallest absolute Gasteiger partial charge is 0.0480 e. The van der Waals surface area contributed by atoms with Gasteiger partial charge in [0.15, 0.2) is 0 Å². The Balaban J connectivity index is 1.46. The molecule has 0 aromatic carbocycles. The number of hydrogen-bond donors (Lipinski definition) is 1. The van der Waals surface area contributed by atoms with Crippen molar-refractivity contribution in [3.05, 3.63) is 0 Å². The molecule has 0 radical (unpaired) electrons.